The molecule has 0 saturated heterocycles. The molecule has 0 unspecified atom stereocenters. The van der Waals surface area contributed by atoms with E-state index in [2.05, 4.69) is 9.97 Å². The van der Waals surface area contributed by atoms with Crippen LogP contribution in [0.5, 0.6) is 5.75 Å². The zero-order chi connectivity index (χ0) is 16.2. The van der Waals surface area contributed by atoms with E-state index >= 15 is 0 Å². The third kappa shape index (κ3) is 3.56. The quantitative estimate of drug-likeness (QED) is 0.722. The van der Waals surface area contributed by atoms with Crippen LogP contribution in [0.3, 0.4) is 0 Å². The molecule has 3 rings (SSSR count). The Morgan fingerprint density at radius 3 is 2.70 bits per heavy atom. The third-order valence-corrected chi connectivity index (χ3v) is 4.52. The Labute approximate surface area is 138 Å². The summed E-state index contributed by atoms with van der Waals surface area (Å²) >= 11 is 1.64. The van der Waals surface area contributed by atoms with Crippen LogP contribution < -0.4 is 10.3 Å². The second-order valence-electron chi connectivity index (χ2n) is 5.18. The lowest BCUT2D eigenvalue weighted by atomic mass is 10.1. The molecule has 3 aromatic rings. The van der Waals surface area contributed by atoms with Crippen molar-refractivity contribution in [2.24, 2.45) is 0 Å². The van der Waals surface area contributed by atoms with E-state index in [0.29, 0.717) is 23.6 Å². The Hall–Kier alpha value is -2.27. The Kier molecular flexibility index (Phi) is 4.67. The first-order valence-electron chi connectivity index (χ1n) is 7.51. The molecule has 0 aliphatic carbocycles. The molecule has 0 spiro atoms. The fraction of sp³-hybridized carbons (Fsp3) is 0.222. The van der Waals surface area contributed by atoms with Gasteiger partial charge in [0.25, 0.3) is 5.56 Å². The van der Waals surface area contributed by atoms with Crippen LogP contribution in [0.1, 0.15) is 18.3 Å². The second kappa shape index (κ2) is 6.87. The van der Waals surface area contributed by atoms with Crippen molar-refractivity contribution in [1.82, 2.24) is 9.97 Å². The number of ether oxygens (including phenoxy) is 1. The van der Waals surface area contributed by atoms with E-state index in [4.69, 9.17) is 4.74 Å². The van der Waals surface area contributed by atoms with Gasteiger partial charge in [0.15, 0.2) is 0 Å². The molecule has 0 saturated carbocycles. The number of aromatic amines is 1. The van der Waals surface area contributed by atoms with Crippen molar-refractivity contribution in [1.29, 1.82) is 0 Å². The molecular formula is C18H18N2O2S. The summed E-state index contributed by atoms with van der Waals surface area (Å²) in [7, 11) is 0. The second-order valence-corrected chi connectivity index (χ2v) is 6.23. The lowest BCUT2D eigenvalue weighted by Gasteiger charge is -2.06. The maximum Gasteiger partial charge on any atom is 0.258 e. The predicted octanol–water partition coefficient (Wildman–Crippen LogP) is 3.92. The van der Waals surface area contributed by atoms with E-state index in [1.807, 2.05) is 50.2 Å². The molecule has 1 N–H and O–H groups in total. The summed E-state index contributed by atoms with van der Waals surface area (Å²) in [5, 5.41) is 0.639. The number of nitrogens with zero attached hydrogens (tertiary/aromatic N) is 1. The molecule has 118 valence electrons. The molecule has 0 aliphatic heterocycles. The van der Waals surface area contributed by atoms with Gasteiger partial charge in [0.1, 0.15) is 11.6 Å². The van der Waals surface area contributed by atoms with E-state index in [0.717, 1.165) is 21.7 Å². The Morgan fingerprint density at radius 2 is 1.96 bits per heavy atom. The van der Waals surface area contributed by atoms with E-state index in [-0.39, 0.29) is 5.56 Å². The van der Waals surface area contributed by atoms with Gasteiger partial charge in [-0.1, -0.05) is 12.1 Å². The summed E-state index contributed by atoms with van der Waals surface area (Å²) in [6.07, 6.45) is 0. The van der Waals surface area contributed by atoms with Gasteiger partial charge in [0.2, 0.25) is 0 Å². The van der Waals surface area contributed by atoms with E-state index < -0.39 is 0 Å². The number of H-pyrrole nitrogens is 1. The molecule has 23 heavy (non-hydrogen) atoms. The van der Waals surface area contributed by atoms with Crippen molar-refractivity contribution in [2.75, 3.05) is 6.61 Å². The van der Waals surface area contributed by atoms with Crippen LogP contribution in [0.2, 0.25) is 0 Å². The summed E-state index contributed by atoms with van der Waals surface area (Å²) in [5.41, 5.74) is 1.71. The minimum atomic E-state index is -0.0824. The maximum atomic E-state index is 12.2. The van der Waals surface area contributed by atoms with Gasteiger partial charge in [-0.15, -0.1) is 11.8 Å². The third-order valence-electron chi connectivity index (χ3n) is 3.50. The van der Waals surface area contributed by atoms with Crippen LogP contribution in [0.15, 0.2) is 52.2 Å². The topological polar surface area (TPSA) is 55.0 Å². The van der Waals surface area contributed by atoms with Crippen molar-refractivity contribution in [2.45, 2.75) is 24.5 Å². The zero-order valence-electron chi connectivity index (χ0n) is 13.1. The predicted molar refractivity (Wildman–Crippen MR) is 94.3 cm³/mol. The van der Waals surface area contributed by atoms with Gasteiger partial charge in [-0.3, -0.25) is 4.79 Å². The summed E-state index contributed by atoms with van der Waals surface area (Å²) in [6, 6.07) is 13.6. The van der Waals surface area contributed by atoms with E-state index in [9.17, 15) is 4.79 Å². The molecule has 0 radical (unpaired) electrons. The highest BCUT2D eigenvalue weighted by atomic mass is 32.2. The molecule has 1 aromatic heterocycles. The van der Waals surface area contributed by atoms with Crippen LogP contribution in [0, 0.1) is 6.92 Å². The first-order valence-corrected chi connectivity index (χ1v) is 8.50. The molecule has 1 heterocycles. The fourth-order valence-corrected chi connectivity index (χ4v) is 3.14. The van der Waals surface area contributed by atoms with Crippen molar-refractivity contribution in [3.8, 4) is 5.75 Å². The minimum Gasteiger partial charge on any atom is -0.494 e. The minimum absolute atomic E-state index is 0.0824. The van der Waals surface area contributed by atoms with Gasteiger partial charge in [-0.25, -0.2) is 4.98 Å². The van der Waals surface area contributed by atoms with Crippen molar-refractivity contribution >= 4 is 22.7 Å². The standard InChI is InChI=1S/C18H18N2O2S/c1-3-22-13-7-9-14(10-8-13)23-11-16-19-17-12(2)5-4-6-15(17)18(21)20-16/h4-10H,3,11H2,1-2H3,(H,19,20,21). The average molecular weight is 326 g/mol. The van der Waals surface area contributed by atoms with Crippen molar-refractivity contribution < 1.29 is 4.74 Å². The van der Waals surface area contributed by atoms with Crippen LogP contribution in [0.25, 0.3) is 10.9 Å². The van der Waals surface area contributed by atoms with Crippen LogP contribution in [-0.2, 0) is 5.75 Å². The maximum absolute atomic E-state index is 12.2. The summed E-state index contributed by atoms with van der Waals surface area (Å²) in [6.45, 7) is 4.60. The number of nitrogens with one attached hydrogen (secondary N) is 1. The summed E-state index contributed by atoms with van der Waals surface area (Å²) in [4.78, 5) is 20.7. The first kappa shape index (κ1) is 15.6. The molecule has 0 amide bonds. The summed E-state index contributed by atoms with van der Waals surface area (Å²) < 4.78 is 5.43. The molecule has 4 nitrogen and oxygen atoms in total. The number of rotatable bonds is 5. The van der Waals surface area contributed by atoms with E-state index in [1.165, 1.54) is 0 Å². The van der Waals surface area contributed by atoms with E-state index in [1.54, 1.807) is 17.8 Å². The number of fused-ring (bicyclic) bond motifs is 1. The number of aryl methyl sites for hydroxylation is 1. The Bertz CT molecular complexity index is 872. The number of para-hydroxylation sites is 1. The first-order chi connectivity index (χ1) is 11.2. The van der Waals surface area contributed by atoms with Gasteiger partial charge in [-0.05, 0) is 49.7 Å². The highest BCUT2D eigenvalue weighted by Gasteiger charge is 2.06. The fourth-order valence-electron chi connectivity index (χ4n) is 2.37. The van der Waals surface area contributed by atoms with Crippen LogP contribution in [-0.4, -0.2) is 16.6 Å². The average Bonchev–Trinajstić information content (AvgIpc) is 2.56. The molecular weight excluding hydrogens is 308 g/mol. The number of benzene rings is 2. The van der Waals surface area contributed by atoms with Crippen LogP contribution >= 0.6 is 11.8 Å². The number of aromatic nitrogens is 2. The van der Waals surface area contributed by atoms with Gasteiger partial charge >= 0.3 is 0 Å². The highest BCUT2D eigenvalue weighted by Crippen LogP contribution is 2.24. The summed E-state index contributed by atoms with van der Waals surface area (Å²) in [5.74, 6) is 2.17. The Balaban J connectivity index is 1.79. The molecule has 0 bridgehead atoms. The molecule has 0 atom stereocenters. The zero-order valence-corrected chi connectivity index (χ0v) is 13.9. The van der Waals surface area contributed by atoms with Crippen molar-refractivity contribution in [3.63, 3.8) is 0 Å². The van der Waals surface area contributed by atoms with Gasteiger partial charge in [-0.2, -0.15) is 0 Å². The van der Waals surface area contributed by atoms with Gasteiger partial charge in [0.05, 0.1) is 23.3 Å². The SMILES string of the molecule is CCOc1ccc(SCc2nc3c(C)cccc3c(=O)[nH]2)cc1. The van der Waals surface area contributed by atoms with Gasteiger partial charge < -0.3 is 9.72 Å². The lowest BCUT2D eigenvalue weighted by molar-refractivity contribution is 0.340. The van der Waals surface area contributed by atoms with Gasteiger partial charge in [0, 0.05) is 4.90 Å². The largest absolute Gasteiger partial charge is 0.494 e. The lowest BCUT2D eigenvalue weighted by Crippen LogP contribution is -2.11. The number of thioether (sulfide) groups is 1. The molecule has 5 heteroatoms. The number of hydrogen-bond acceptors (Lipinski definition) is 4. The molecule has 0 aliphatic rings. The normalized spacial score (nSPS) is 10.9. The van der Waals surface area contributed by atoms with Crippen molar-refractivity contribution in [3.05, 3.63) is 64.2 Å². The highest BCUT2D eigenvalue weighted by molar-refractivity contribution is 7.98. The Morgan fingerprint density at radius 1 is 1.17 bits per heavy atom. The number of hydrogen-bond donors (Lipinski definition) is 1. The monoisotopic (exact) mass is 326 g/mol. The smallest absolute Gasteiger partial charge is 0.258 e. The molecule has 2 aromatic carbocycles. The molecule has 0 fully saturated rings. The van der Waals surface area contributed by atoms with Crippen LogP contribution in [0.4, 0.5) is 0 Å².